The lowest BCUT2D eigenvalue weighted by Crippen LogP contribution is -2.66. The van der Waals surface area contributed by atoms with Crippen LogP contribution in [-0.2, 0) is 9.53 Å². The number of methoxy groups -OCH3 is 1. The second-order valence-corrected chi connectivity index (χ2v) is 5.13. The molecule has 2 heterocycles. The van der Waals surface area contributed by atoms with Crippen molar-refractivity contribution in [1.29, 1.82) is 0 Å². The first-order valence-corrected chi connectivity index (χ1v) is 6.21. The zero-order valence-electron chi connectivity index (χ0n) is 10.3. The van der Waals surface area contributed by atoms with Crippen LogP contribution in [0, 0.1) is 0 Å². The van der Waals surface area contributed by atoms with E-state index in [2.05, 4.69) is 12.2 Å². The van der Waals surface area contributed by atoms with E-state index in [-0.39, 0.29) is 18.1 Å². The standard InChI is InChI=1S/C12H22N2O2/c1-12-6-4-8-14(11(15)9-16-2)10(12)5-3-7-13-12/h10,13H,3-9H2,1-2H3/t10-,12+/m1/s1. The minimum atomic E-state index is 0.125. The average Bonchev–Trinajstić information content (AvgIpc) is 2.27. The third-order valence-corrected chi connectivity index (χ3v) is 3.98. The third kappa shape index (κ3) is 2.09. The number of piperidine rings is 2. The van der Waals surface area contributed by atoms with E-state index in [1.165, 1.54) is 6.42 Å². The second-order valence-electron chi connectivity index (χ2n) is 5.13. The summed E-state index contributed by atoms with van der Waals surface area (Å²) in [6, 6.07) is 0.359. The molecule has 2 saturated heterocycles. The highest BCUT2D eigenvalue weighted by Crippen LogP contribution is 2.33. The van der Waals surface area contributed by atoms with Gasteiger partial charge in [0.05, 0.1) is 0 Å². The molecule has 2 fully saturated rings. The summed E-state index contributed by atoms with van der Waals surface area (Å²) >= 11 is 0. The Morgan fingerprint density at radius 3 is 3.12 bits per heavy atom. The topological polar surface area (TPSA) is 41.6 Å². The van der Waals surface area contributed by atoms with Gasteiger partial charge in [-0.15, -0.1) is 0 Å². The molecule has 92 valence electrons. The molecular formula is C12H22N2O2. The minimum Gasteiger partial charge on any atom is -0.375 e. The fourth-order valence-electron chi connectivity index (χ4n) is 3.14. The number of rotatable bonds is 2. The van der Waals surface area contributed by atoms with Gasteiger partial charge in [0.1, 0.15) is 6.61 Å². The summed E-state index contributed by atoms with van der Waals surface area (Å²) in [6.07, 6.45) is 4.56. The summed E-state index contributed by atoms with van der Waals surface area (Å²) in [4.78, 5) is 14.0. The number of carbonyl (C=O) groups is 1. The van der Waals surface area contributed by atoms with Gasteiger partial charge in [0.15, 0.2) is 0 Å². The molecule has 0 saturated carbocycles. The molecule has 0 spiro atoms. The molecule has 2 atom stereocenters. The normalized spacial score (nSPS) is 34.6. The van der Waals surface area contributed by atoms with Crippen molar-refractivity contribution in [2.24, 2.45) is 0 Å². The molecule has 16 heavy (non-hydrogen) atoms. The largest absolute Gasteiger partial charge is 0.375 e. The van der Waals surface area contributed by atoms with Gasteiger partial charge in [0.25, 0.3) is 0 Å². The van der Waals surface area contributed by atoms with Gasteiger partial charge in [-0.05, 0) is 39.2 Å². The van der Waals surface area contributed by atoms with Crippen molar-refractivity contribution in [3.63, 3.8) is 0 Å². The number of nitrogens with one attached hydrogen (secondary N) is 1. The molecule has 2 aliphatic heterocycles. The van der Waals surface area contributed by atoms with Crippen LogP contribution in [0.5, 0.6) is 0 Å². The quantitative estimate of drug-likeness (QED) is 0.756. The lowest BCUT2D eigenvalue weighted by Gasteiger charge is -2.51. The highest BCUT2D eigenvalue weighted by molar-refractivity contribution is 5.78. The van der Waals surface area contributed by atoms with E-state index in [1.807, 2.05) is 4.90 Å². The maximum Gasteiger partial charge on any atom is 0.248 e. The molecule has 4 nitrogen and oxygen atoms in total. The summed E-state index contributed by atoms with van der Waals surface area (Å²) in [5, 5.41) is 3.59. The summed E-state index contributed by atoms with van der Waals surface area (Å²) < 4.78 is 4.96. The predicted molar refractivity (Wildman–Crippen MR) is 62.3 cm³/mol. The summed E-state index contributed by atoms with van der Waals surface area (Å²) in [5.41, 5.74) is 0.125. The van der Waals surface area contributed by atoms with Gasteiger partial charge < -0.3 is 15.0 Å². The van der Waals surface area contributed by atoms with E-state index in [4.69, 9.17) is 4.74 Å². The Morgan fingerprint density at radius 2 is 2.38 bits per heavy atom. The monoisotopic (exact) mass is 226 g/mol. The summed E-state index contributed by atoms with van der Waals surface area (Å²) in [6.45, 7) is 4.44. The number of likely N-dealkylation sites (tertiary alicyclic amines) is 1. The first-order chi connectivity index (χ1) is 7.67. The molecule has 2 aliphatic rings. The van der Waals surface area contributed by atoms with E-state index in [9.17, 15) is 4.79 Å². The van der Waals surface area contributed by atoms with E-state index < -0.39 is 0 Å². The van der Waals surface area contributed by atoms with Crippen molar-refractivity contribution in [2.75, 3.05) is 26.8 Å². The number of ether oxygens (including phenoxy) is 1. The maximum absolute atomic E-state index is 12.0. The lowest BCUT2D eigenvalue weighted by molar-refractivity contribution is -0.142. The van der Waals surface area contributed by atoms with Crippen LogP contribution in [0.2, 0.25) is 0 Å². The molecule has 4 heteroatoms. The van der Waals surface area contributed by atoms with Gasteiger partial charge in [0.2, 0.25) is 5.91 Å². The lowest BCUT2D eigenvalue weighted by atomic mass is 9.78. The van der Waals surface area contributed by atoms with Crippen LogP contribution in [0.1, 0.15) is 32.6 Å². The van der Waals surface area contributed by atoms with Crippen molar-refractivity contribution < 1.29 is 9.53 Å². The zero-order valence-corrected chi connectivity index (χ0v) is 10.3. The molecule has 1 N–H and O–H groups in total. The fraction of sp³-hybridized carbons (Fsp3) is 0.917. The molecule has 0 aliphatic carbocycles. The van der Waals surface area contributed by atoms with Gasteiger partial charge >= 0.3 is 0 Å². The predicted octanol–water partition coefficient (Wildman–Crippen LogP) is 0.766. The number of hydrogen-bond acceptors (Lipinski definition) is 3. The van der Waals surface area contributed by atoms with Crippen molar-refractivity contribution in [3.05, 3.63) is 0 Å². The van der Waals surface area contributed by atoms with E-state index in [1.54, 1.807) is 7.11 Å². The van der Waals surface area contributed by atoms with Crippen LogP contribution in [0.15, 0.2) is 0 Å². The Balaban J connectivity index is 2.10. The Kier molecular flexibility index (Phi) is 3.50. The Labute approximate surface area is 97.3 Å². The number of fused-ring (bicyclic) bond motifs is 1. The molecule has 0 aromatic rings. The van der Waals surface area contributed by atoms with Crippen LogP contribution >= 0.6 is 0 Å². The zero-order chi connectivity index (χ0) is 11.6. The van der Waals surface area contributed by atoms with Crippen LogP contribution in [-0.4, -0.2) is 49.2 Å². The molecule has 1 amide bonds. The van der Waals surface area contributed by atoms with Crippen LogP contribution in [0.25, 0.3) is 0 Å². The number of hydrogen-bond donors (Lipinski definition) is 1. The molecule has 2 rings (SSSR count). The highest BCUT2D eigenvalue weighted by atomic mass is 16.5. The van der Waals surface area contributed by atoms with Crippen molar-refractivity contribution in [2.45, 2.75) is 44.2 Å². The molecule has 0 bridgehead atoms. The number of amides is 1. The Bertz CT molecular complexity index is 266. The first-order valence-electron chi connectivity index (χ1n) is 6.21. The van der Waals surface area contributed by atoms with E-state index in [0.29, 0.717) is 6.04 Å². The van der Waals surface area contributed by atoms with E-state index >= 15 is 0 Å². The Morgan fingerprint density at radius 1 is 1.56 bits per heavy atom. The second kappa shape index (κ2) is 4.72. The molecule has 0 unspecified atom stereocenters. The maximum atomic E-state index is 12.0. The van der Waals surface area contributed by atoms with Gasteiger partial charge in [-0.25, -0.2) is 0 Å². The number of nitrogens with zero attached hydrogens (tertiary/aromatic N) is 1. The van der Waals surface area contributed by atoms with Crippen LogP contribution < -0.4 is 5.32 Å². The van der Waals surface area contributed by atoms with Crippen molar-refractivity contribution in [3.8, 4) is 0 Å². The van der Waals surface area contributed by atoms with Crippen LogP contribution in [0.3, 0.4) is 0 Å². The van der Waals surface area contributed by atoms with Gasteiger partial charge in [-0.3, -0.25) is 4.79 Å². The molecule has 0 aromatic heterocycles. The Hall–Kier alpha value is -0.610. The summed E-state index contributed by atoms with van der Waals surface area (Å²) in [5.74, 6) is 0.141. The smallest absolute Gasteiger partial charge is 0.248 e. The van der Waals surface area contributed by atoms with Gasteiger partial charge in [0, 0.05) is 25.2 Å². The summed E-state index contributed by atoms with van der Waals surface area (Å²) in [7, 11) is 1.58. The number of carbonyl (C=O) groups excluding carboxylic acids is 1. The van der Waals surface area contributed by atoms with E-state index in [0.717, 1.165) is 32.4 Å². The van der Waals surface area contributed by atoms with Gasteiger partial charge in [-0.1, -0.05) is 0 Å². The van der Waals surface area contributed by atoms with Crippen molar-refractivity contribution in [1.82, 2.24) is 10.2 Å². The minimum absolute atomic E-state index is 0.125. The third-order valence-electron chi connectivity index (χ3n) is 3.98. The highest BCUT2D eigenvalue weighted by Gasteiger charge is 2.43. The van der Waals surface area contributed by atoms with Gasteiger partial charge in [-0.2, -0.15) is 0 Å². The molecular weight excluding hydrogens is 204 g/mol. The molecule has 0 radical (unpaired) electrons. The van der Waals surface area contributed by atoms with Crippen LogP contribution in [0.4, 0.5) is 0 Å². The molecule has 0 aromatic carbocycles. The fourth-order valence-corrected chi connectivity index (χ4v) is 3.14. The average molecular weight is 226 g/mol. The first kappa shape index (κ1) is 11.9. The van der Waals surface area contributed by atoms with Crippen molar-refractivity contribution >= 4 is 5.91 Å². The SMILES string of the molecule is COCC(=O)N1CCC[C@]2(C)NCCC[C@@H]12.